The van der Waals surface area contributed by atoms with Gasteiger partial charge in [0.15, 0.2) is 14.0 Å². The minimum absolute atomic E-state index is 0.0645. The fourth-order valence-corrected chi connectivity index (χ4v) is 11.6. The summed E-state index contributed by atoms with van der Waals surface area (Å²) in [5, 5.41) is 3.00. The summed E-state index contributed by atoms with van der Waals surface area (Å²) in [6.07, 6.45) is 7.52. The lowest BCUT2D eigenvalue weighted by molar-refractivity contribution is -0.159. The average molecular weight is 573 g/mol. The van der Waals surface area contributed by atoms with Gasteiger partial charge < -0.3 is 14.5 Å². The molecular weight excluding hydrogens is 520 g/mol. The molecule has 1 aromatic carbocycles. The Morgan fingerprint density at radius 3 is 2.02 bits per heavy atom. The van der Waals surface area contributed by atoms with Gasteiger partial charge in [0.1, 0.15) is 5.75 Å². The fourth-order valence-electron chi connectivity index (χ4n) is 6.53. The Labute approximate surface area is 242 Å². The Bertz CT molecular complexity index is 1000. The van der Waals surface area contributed by atoms with E-state index in [1.165, 1.54) is 4.90 Å². The van der Waals surface area contributed by atoms with E-state index >= 15 is 0 Å². The molecule has 1 N–H and O–H groups in total. The van der Waals surface area contributed by atoms with E-state index in [-0.39, 0.29) is 29.9 Å². The van der Waals surface area contributed by atoms with Crippen molar-refractivity contribution in [1.29, 1.82) is 0 Å². The van der Waals surface area contributed by atoms with Gasteiger partial charge in [0.2, 0.25) is 11.8 Å². The summed E-state index contributed by atoms with van der Waals surface area (Å²) < 4.78 is 13.4. The van der Waals surface area contributed by atoms with Crippen LogP contribution in [0.15, 0.2) is 24.3 Å². The third-order valence-electron chi connectivity index (χ3n) is 9.18. The second-order valence-corrected chi connectivity index (χ2v) is 16.0. The van der Waals surface area contributed by atoms with Crippen LogP contribution in [-0.2, 0) is 14.0 Å². The van der Waals surface area contributed by atoms with E-state index in [1.54, 1.807) is 18.2 Å². The molecule has 2 aliphatic heterocycles. The van der Waals surface area contributed by atoms with Gasteiger partial charge in [-0.05, 0) is 37.2 Å². The van der Waals surface area contributed by atoms with Crippen LogP contribution < -0.4 is 10.1 Å². The van der Waals surface area contributed by atoms with Gasteiger partial charge in [0.05, 0.1) is 29.5 Å². The molecule has 2 aliphatic rings. The number of fused-ring (bicyclic) bond motifs is 1. The molecule has 0 unspecified atom stereocenters. The van der Waals surface area contributed by atoms with E-state index < -0.39 is 25.9 Å². The lowest BCUT2D eigenvalue weighted by Gasteiger charge is -2.49. The van der Waals surface area contributed by atoms with Crippen LogP contribution in [-0.4, -0.2) is 48.8 Å². The second kappa shape index (κ2) is 14.1. The van der Waals surface area contributed by atoms with Crippen LogP contribution in [0.25, 0.3) is 0 Å². The molecule has 0 bridgehead atoms. The third-order valence-corrected chi connectivity index (χ3v) is 13.8. The minimum atomic E-state index is -2.05. The van der Waals surface area contributed by atoms with Gasteiger partial charge in [-0.1, -0.05) is 92.2 Å². The zero-order chi connectivity index (χ0) is 29.5. The summed E-state index contributed by atoms with van der Waals surface area (Å²) in [5.41, 5.74) is -0.657. The maximum Gasteiger partial charge on any atom is 0.267 e. The van der Waals surface area contributed by atoms with Crippen molar-refractivity contribution in [3.8, 4) is 5.75 Å². The Morgan fingerprint density at radius 1 is 0.975 bits per heavy atom. The number of carbonyl (C=O) groups is 3. The van der Waals surface area contributed by atoms with Crippen LogP contribution >= 0.6 is 0 Å². The highest BCUT2D eigenvalue weighted by atomic mass is 28.4. The van der Waals surface area contributed by atoms with Crippen LogP contribution in [0.1, 0.15) is 110 Å². The lowest BCUT2D eigenvalue weighted by Crippen LogP contribution is -2.69. The summed E-state index contributed by atoms with van der Waals surface area (Å²) in [6, 6.07) is 10.1. The van der Waals surface area contributed by atoms with Crippen LogP contribution in [0.2, 0.25) is 18.1 Å². The number of nitrogens with one attached hydrogen (secondary N) is 1. The van der Waals surface area contributed by atoms with Gasteiger partial charge in [-0.3, -0.25) is 14.4 Å². The number of carbonyl (C=O) groups excluding carboxylic acids is 3. The molecule has 8 heteroatoms. The van der Waals surface area contributed by atoms with Crippen molar-refractivity contribution >= 4 is 26.0 Å². The summed E-state index contributed by atoms with van der Waals surface area (Å²) in [4.78, 5) is 42.1. The van der Waals surface area contributed by atoms with E-state index in [0.29, 0.717) is 24.2 Å². The maximum atomic E-state index is 14.1. The molecule has 4 atom stereocenters. The number of benzene rings is 1. The van der Waals surface area contributed by atoms with Crippen molar-refractivity contribution in [3.63, 3.8) is 0 Å². The Morgan fingerprint density at radius 2 is 1.52 bits per heavy atom. The summed E-state index contributed by atoms with van der Waals surface area (Å²) in [7, 11) is -2.05. The van der Waals surface area contributed by atoms with E-state index in [2.05, 4.69) is 26.1 Å². The van der Waals surface area contributed by atoms with Crippen molar-refractivity contribution < 1.29 is 23.5 Å². The second-order valence-electron chi connectivity index (χ2n) is 11.9. The summed E-state index contributed by atoms with van der Waals surface area (Å²) in [5.74, 6) is -1.21. The van der Waals surface area contributed by atoms with Crippen molar-refractivity contribution in [2.75, 3.05) is 0 Å². The summed E-state index contributed by atoms with van der Waals surface area (Å²) >= 11 is 0. The molecule has 1 saturated heterocycles. The highest BCUT2D eigenvalue weighted by Crippen LogP contribution is 2.40. The van der Waals surface area contributed by atoms with Crippen LogP contribution in [0.3, 0.4) is 0 Å². The highest BCUT2D eigenvalue weighted by molar-refractivity contribution is 6.73. The number of imide groups is 1. The SMILES string of the molecule is CCCC[Si](CCCC)(CCCC)O[C@H](C)[C@H]1C(=O)N[C@H]1[C@@H](C)C(=O)N1C(=O)c2ccccc2OC1(CC)CC. The monoisotopic (exact) mass is 572 g/mol. The molecule has 3 rings (SSSR count). The fraction of sp³-hybridized carbons (Fsp3) is 0.719. The molecule has 3 amide bonds. The standard InChI is InChI=1S/C32H52N2O5Si/c1-8-13-20-40(21-14-9-2,22-15-10-3)39-24(7)27-28(33-29(27)35)23(6)30(36)34-31(37)25-18-16-17-19-26(25)38-32(34,11-4)12-5/h16-19,23-24,27-28H,8-15,20-22H2,1-7H3,(H,33,35)/t23-,24-,27-,28+/m1/s1. The predicted molar refractivity (Wildman–Crippen MR) is 162 cm³/mol. The molecule has 0 aliphatic carbocycles. The first kappa shape index (κ1) is 32.3. The van der Waals surface area contributed by atoms with Gasteiger partial charge in [0, 0.05) is 12.8 Å². The van der Waals surface area contributed by atoms with E-state index in [4.69, 9.17) is 9.16 Å². The highest BCUT2D eigenvalue weighted by Gasteiger charge is 2.54. The van der Waals surface area contributed by atoms with Gasteiger partial charge in [-0.2, -0.15) is 0 Å². The topological polar surface area (TPSA) is 84.9 Å². The molecule has 0 saturated carbocycles. The first-order valence-electron chi connectivity index (χ1n) is 15.8. The van der Waals surface area contributed by atoms with Crippen LogP contribution in [0.5, 0.6) is 5.75 Å². The number of para-hydroxylation sites is 1. The minimum Gasteiger partial charge on any atom is -0.467 e. The summed E-state index contributed by atoms with van der Waals surface area (Å²) in [6.45, 7) is 14.4. The average Bonchev–Trinajstić information content (AvgIpc) is 2.95. The quantitative estimate of drug-likeness (QED) is 0.169. The lowest BCUT2D eigenvalue weighted by atomic mass is 9.78. The number of ether oxygens (including phenoxy) is 1. The van der Waals surface area contributed by atoms with Gasteiger partial charge >= 0.3 is 0 Å². The van der Waals surface area contributed by atoms with Crippen LogP contribution in [0.4, 0.5) is 0 Å². The number of unbranched alkanes of at least 4 members (excludes halogenated alkanes) is 3. The molecule has 0 aromatic heterocycles. The molecule has 224 valence electrons. The molecule has 7 nitrogen and oxygen atoms in total. The molecule has 0 radical (unpaired) electrons. The molecular formula is C32H52N2O5Si. The molecule has 40 heavy (non-hydrogen) atoms. The van der Waals surface area contributed by atoms with Crippen molar-refractivity contribution in [1.82, 2.24) is 10.2 Å². The first-order chi connectivity index (χ1) is 19.1. The largest absolute Gasteiger partial charge is 0.467 e. The van der Waals surface area contributed by atoms with Gasteiger partial charge in [0.25, 0.3) is 5.91 Å². The maximum absolute atomic E-state index is 14.1. The first-order valence-corrected chi connectivity index (χ1v) is 18.3. The molecule has 1 aromatic rings. The molecule has 0 spiro atoms. The molecule has 1 fully saturated rings. The third kappa shape index (κ3) is 6.48. The van der Waals surface area contributed by atoms with Gasteiger partial charge in [-0.25, -0.2) is 4.90 Å². The Hall–Kier alpha value is -2.19. The van der Waals surface area contributed by atoms with Gasteiger partial charge in [-0.15, -0.1) is 0 Å². The number of hydrogen-bond acceptors (Lipinski definition) is 5. The van der Waals surface area contributed by atoms with E-state index in [9.17, 15) is 14.4 Å². The number of rotatable bonds is 16. The van der Waals surface area contributed by atoms with E-state index in [1.807, 2.05) is 33.8 Å². The van der Waals surface area contributed by atoms with Crippen LogP contribution in [0, 0.1) is 11.8 Å². The van der Waals surface area contributed by atoms with Crippen molar-refractivity contribution in [3.05, 3.63) is 29.8 Å². The zero-order valence-corrected chi connectivity index (χ0v) is 26.9. The van der Waals surface area contributed by atoms with E-state index in [0.717, 1.165) is 56.7 Å². The Balaban J connectivity index is 1.85. The molecule has 2 heterocycles. The predicted octanol–water partition coefficient (Wildman–Crippen LogP) is 7.07. The number of hydrogen-bond donors (Lipinski definition) is 1. The number of nitrogens with zero attached hydrogens (tertiary/aromatic N) is 1. The van der Waals surface area contributed by atoms with Crippen molar-refractivity contribution in [2.24, 2.45) is 11.8 Å². The number of amides is 3. The zero-order valence-electron chi connectivity index (χ0n) is 25.9. The Kier molecular flexibility index (Phi) is 11.4. The van der Waals surface area contributed by atoms with Crippen molar-refractivity contribution in [2.45, 2.75) is 136 Å². The number of β-lactam (4-membered cyclic amide) rings is 1. The normalized spacial score (nSPS) is 21.6. The smallest absolute Gasteiger partial charge is 0.267 e.